The number of benzene rings is 2. The maximum absolute atomic E-state index is 12.0. The molecule has 0 heterocycles. The molecule has 24 heavy (non-hydrogen) atoms. The predicted molar refractivity (Wildman–Crippen MR) is 92.6 cm³/mol. The molecule has 0 spiro atoms. The van der Waals surface area contributed by atoms with E-state index in [0.717, 1.165) is 5.56 Å². The Hall–Kier alpha value is -2.09. The largest absolute Gasteiger partial charge is 0.465 e. The van der Waals surface area contributed by atoms with Crippen LogP contribution in [0.1, 0.15) is 28.9 Å². The zero-order valence-electron chi connectivity index (χ0n) is 13.1. The standard InChI is InChI=1S/C16H17ClN2O4S/c1-10(12-5-3-4-6-14(12)17)19-15-8-7-11(24(18,21)22)9-13(15)16(20)23-2/h3-10,19H,1-2H3,(H2,18,21,22). The first-order valence-corrected chi connectivity index (χ1v) is 8.92. The van der Waals surface area contributed by atoms with Crippen LogP contribution in [0.3, 0.4) is 0 Å². The van der Waals surface area contributed by atoms with Crippen LogP contribution in [-0.2, 0) is 14.8 Å². The maximum Gasteiger partial charge on any atom is 0.340 e. The molecule has 0 saturated heterocycles. The van der Waals surface area contributed by atoms with E-state index in [9.17, 15) is 13.2 Å². The van der Waals surface area contributed by atoms with E-state index in [4.69, 9.17) is 21.5 Å². The van der Waals surface area contributed by atoms with Gasteiger partial charge in [0, 0.05) is 10.7 Å². The number of carbonyl (C=O) groups is 1. The summed E-state index contributed by atoms with van der Waals surface area (Å²) in [6.45, 7) is 1.87. The molecular formula is C16H17ClN2O4S. The van der Waals surface area contributed by atoms with Gasteiger partial charge in [-0.1, -0.05) is 29.8 Å². The first-order valence-electron chi connectivity index (χ1n) is 7.00. The lowest BCUT2D eigenvalue weighted by molar-refractivity contribution is 0.0601. The maximum atomic E-state index is 12.0. The molecule has 2 aromatic rings. The number of ether oxygens (including phenoxy) is 1. The number of anilines is 1. The molecule has 2 rings (SSSR count). The van der Waals surface area contributed by atoms with E-state index < -0.39 is 16.0 Å². The van der Waals surface area contributed by atoms with Gasteiger partial charge in [0.15, 0.2) is 0 Å². The summed E-state index contributed by atoms with van der Waals surface area (Å²) < 4.78 is 27.7. The summed E-state index contributed by atoms with van der Waals surface area (Å²) in [4.78, 5) is 11.8. The van der Waals surface area contributed by atoms with Crippen LogP contribution in [0.4, 0.5) is 5.69 Å². The Balaban J connectivity index is 2.43. The Kier molecular flexibility index (Phi) is 5.48. The van der Waals surface area contributed by atoms with Gasteiger partial charge in [-0.2, -0.15) is 0 Å². The fourth-order valence-electron chi connectivity index (χ4n) is 2.24. The minimum absolute atomic E-state index is 0.0722. The van der Waals surface area contributed by atoms with Gasteiger partial charge in [0.25, 0.3) is 0 Å². The number of halogens is 1. The zero-order valence-corrected chi connectivity index (χ0v) is 14.7. The van der Waals surface area contributed by atoms with Crippen LogP contribution >= 0.6 is 11.6 Å². The highest BCUT2D eigenvalue weighted by molar-refractivity contribution is 7.89. The monoisotopic (exact) mass is 368 g/mol. The van der Waals surface area contributed by atoms with Crippen LogP contribution in [0.15, 0.2) is 47.4 Å². The van der Waals surface area contributed by atoms with Gasteiger partial charge < -0.3 is 10.1 Å². The number of carbonyl (C=O) groups excluding carboxylic acids is 1. The summed E-state index contributed by atoms with van der Waals surface area (Å²) in [6, 6.07) is 11.1. The third kappa shape index (κ3) is 4.05. The normalized spacial score (nSPS) is 12.5. The molecule has 6 nitrogen and oxygen atoms in total. The highest BCUT2D eigenvalue weighted by atomic mass is 35.5. The third-order valence-corrected chi connectivity index (χ3v) is 4.72. The van der Waals surface area contributed by atoms with Gasteiger partial charge in [0.05, 0.1) is 23.6 Å². The molecule has 0 aliphatic rings. The lowest BCUT2D eigenvalue weighted by atomic mass is 10.1. The Morgan fingerprint density at radius 3 is 2.50 bits per heavy atom. The second-order valence-corrected chi connectivity index (χ2v) is 7.10. The fourth-order valence-corrected chi connectivity index (χ4v) is 3.08. The van der Waals surface area contributed by atoms with Crippen molar-refractivity contribution < 1.29 is 17.9 Å². The molecule has 0 bridgehead atoms. The average molecular weight is 369 g/mol. The molecule has 0 saturated carbocycles. The highest BCUT2D eigenvalue weighted by Crippen LogP contribution is 2.28. The minimum atomic E-state index is -3.93. The summed E-state index contributed by atoms with van der Waals surface area (Å²) in [5.41, 5.74) is 1.33. The van der Waals surface area contributed by atoms with Crippen LogP contribution < -0.4 is 10.5 Å². The summed E-state index contributed by atoms with van der Waals surface area (Å²) >= 11 is 6.17. The fraction of sp³-hybridized carbons (Fsp3) is 0.188. The van der Waals surface area contributed by atoms with E-state index in [2.05, 4.69) is 5.32 Å². The Morgan fingerprint density at radius 1 is 1.25 bits per heavy atom. The van der Waals surface area contributed by atoms with Gasteiger partial charge in [-0.3, -0.25) is 0 Å². The summed E-state index contributed by atoms with van der Waals surface area (Å²) in [7, 11) is -2.71. The molecule has 0 radical (unpaired) electrons. The smallest absolute Gasteiger partial charge is 0.340 e. The van der Waals surface area contributed by atoms with E-state index in [1.807, 2.05) is 25.1 Å². The molecule has 1 unspecified atom stereocenters. The first kappa shape index (κ1) is 18.3. The highest BCUT2D eigenvalue weighted by Gasteiger charge is 2.19. The number of rotatable bonds is 5. The molecule has 2 aromatic carbocycles. The van der Waals surface area contributed by atoms with Crippen molar-refractivity contribution in [2.45, 2.75) is 17.9 Å². The molecule has 0 aromatic heterocycles. The molecule has 3 N–H and O–H groups in total. The van der Waals surface area contributed by atoms with Crippen LogP contribution in [0.2, 0.25) is 5.02 Å². The van der Waals surface area contributed by atoms with Crippen molar-refractivity contribution in [1.29, 1.82) is 0 Å². The number of hydrogen-bond acceptors (Lipinski definition) is 5. The molecular weight excluding hydrogens is 352 g/mol. The predicted octanol–water partition coefficient (Wildman–Crippen LogP) is 2.95. The van der Waals surface area contributed by atoms with Crippen molar-refractivity contribution in [3.05, 3.63) is 58.6 Å². The summed E-state index contributed by atoms with van der Waals surface area (Å²) in [6.07, 6.45) is 0. The van der Waals surface area contributed by atoms with Gasteiger partial charge in [-0.15, -0.1) is 0 Å². The number of sulfonamides is 1. The van der Waals surface area contributed by atoms with Gasteiger partial charge >= 0.3 is 5.97 Å². The first-order chi connectivity index (χ1) is 11.2. The van der Waals surface area contributed by atoms with Gasteiger partial charge in [0.1, 0.15) is 0 Å². The molecule has 128 valence electrons. The average Bonchev–Trinajstić information content (AvgIpc) is 2.53. The van der Waals surface area contributed by atoms with Crippen LogP contribution in [0.25, 0.3) is 0 Å². The van der Waals surface area contributed by atoms with Gasteiger partial charge in [0.2, 0.25) is 10.0 Å². The molecule has 0 fully saturated rings. The van der Waals surface area contributed by atoms with E-state index in [1.54, 1.807) is 6.07 Å². The second kappa shape index (κ2) is 7.21. The Bertz CT molecular complexity index is 868. The van der Waals surface area contributed by atoms with Crippen molar-refractivity contribution in [1.82, 2.24) is 0 Å². The van der Waals surface area contributed by atoms with Crippen molar-refractivity contribution in [2.24, 2.45) is 5.14 Å². The number of nitrogens with one attached hydrogen (secondary N) is 1. The number of methoxy groups -OCH3 is 1. The van der Waals surface area contributed by atoms with Crippen LogP contribution in [-0.4, -0.2) is 21.5 Å². The number of esters is 1. The topological polar surface area (TPSA) is 98.5 Å². The van der Waals surface area contributed by atoms with Crippen molar-refractivity contribution in [3.63, 3.8) is 0 Å². The SMILES string of the molecule is COC(=O)c1cc(S(N)(=O)=O)ccc1NC(C)c1ccccc1Cl. The van der Waals surface area contributed by atoms with E-state index >= 15 is 0 Å². The lowest BCUT2D eigenvalue weighted by Crippen LogP contribution is -2.16. The zero-order chi connectivity index (χ0) is 17.9. The lowest BCUT2D eigenvalue weighted by Gasteiger charge is -2.19. The van der Waals surface area contributed by atoms with E-state index in [1.165, 1.54) is 25.3 Å². The second-order valence-electron chi connectivity index (χ2n) is 5.13. The van der Waals surface area contributed by atoms with Crippen molar-refractivity contribution in [3.8, 4) is 0 Å². The van der Waals surface area contributed by atoms with E-state index in [0.29, 0.717) is 10.7 Å². The Morgan fingerprint density at radius 2 is 1.92 bits per heavy atom. The number of primary sulfonamides is 1. The molecule has 1 atom stereocenters. The minimum Gasteiger partial charge on any atom is -0.465 e. The van der Waals surface area contributed by atoms with Gasteiger partial charge in [-0.05, 0) is 36.8 Å². The number of nitrogens with two attached hydrogens (primary N) is 1. The quantitative estimate of drug-likeness (QED) is 0.790. The molecule has 0 aliphatic carbocycles. The van der Waals surface area contributed by atoms with Crippen LogP contribution in [0, 0.1) is 0 Å². The van der Waals surface area contributed by atoms with Gasteiger partial charge in [-0.25, -0.2) is 18.4 Å². The molecule has 8 heteroatoms. The molecule has 0 aliphatic heterocycles. The summed E-state index contributed by atoms with van der Waals surface area (Å²) in [5.74, 6) is -0.672. The summed E-state index contributed by atoms with van der Waals surface area (Å²) in [5, 5.41) is 8.83. The van der Waals surface area contributed by atoms with Crippen molar-refractivity contribution in [2.75, 3.05) is 12.4 Å². The van der Waals surface area contributed by atoms with Crippen LogP contribution in [0.5, 0.6) is 0 Å². The van der Waals surface area contributed by atoms with Crippen molar-refractivity contribution >= 4 is 33.3 Å². The Labute approximate surface area is 145 Å². The molecule has 0 amide bonds. The third-order valence-electron chi connectivity index (χ3n) is 3.47. The van der Waals surface area contributed by atoms with E-state index in [-0.39, 0.29) is 16.5 Å². The number of hydrogen-bond donors (Lipinski definition) is 2.